The summed E-state index contributed by atoms with van der Waals surface area (Å²) in [5, 5.41) is 1.25. The molecule has 6 nitrogen and oxygen atoms in total. The van der Waals surface area contributed by atoms with Gasteiger partial charge in [-0.3, -0.25) is 4.79 Å². The Hall–Kier alpha value is -2.41. The largest absolute Gasteiger partial charge is 0.459 e. The van der Waals surface area contributed by atoms with Crippen molar-refractivity contribution in [3.8, 4) is 0 Å². The molecule has 134 valence electrons. The Morgan fingerprint density at radius 3 is 2.77 bits per heavy atom. The van der Waals surface area contributed by atoms with Gasteiger partial charge < -0.3 is 14.2 Å². The fourth-order valence-corrected chi connectivity index (χ4v) is 5.21. The number of fused-ring (bicyclic) bond motifs is 3. The third-order valence-electron chi connectivity index (χ3n) is 5.33. The molecule has 2 aliphatic rings. The number of anilines is 1. The highest BCUT2D eigenvalue weighted by Gasteiger charge is 2.27. The van der Waals surface area contributed by atoms with Crippen molar-refractivity contribution >= 4 is 33.3 Å². The number of thiophene rings is 1. The van der Waals surface area contributed by atoms with Crippen LogP contribution >= 0.6 is 11.3 Å². The number of aryl methyl sites for hydroxylation is 2. The van der Waals surface area contributed by atoms with Gasteiger partial charge >= 0.3 is 0 Å². The van der Waals surface area contributed by atoms with E-state index < -0.39 is 0 Å². The van der Waals surface area contributed by atoms with Crippen LogP contribution in [-0.2, 0) is 12.8 Å². The first-order valence-electron chi connectivity index (χ1n) is 9.14. The lowest BCUT2D eigenvalue weighted by Crippen LogP contribution is -2.49. The molecule has 3 aromatic heterocycles. The van der Waals surface area contributed by atoms with E-state index in [-0.39, 0.29) is 5.91 Å². The van der Waals surface area contributed by atoms with E-state index in [9.17, 15) is 4.79 Å². The Balaban J connectivity index is 1.40. The minimum atomic E-state index is -0.0320. The molecule has 1 saturated heterocycles. The fraction of sp³-hybridized carbons (Fsp3) is 0.421. The summed E-state index contributed by atoms with van der Waals surface area (Å²) < 4.78 is 5.25. The number of amides is 1. The molecule has 0 unspecified atom stereocenters. The lowest BCUT2D eigenvalue weighted by molar-refractivity contribution is 0.0714. The number of rotatable bonds is 2. The molecule has 4 heterocycles. The number of nitrogens with zero attached hydrogens (tertiary/aromatic N) is 4. The summed E-state index contributed by atoms with van der Waals surface area (Å²) in [6.07, 6.45) is 8.05. The van der Waals surface area contributed by atoms with Gasteiger partial charge in [-0.1, -0.05) is 0 Å². The molecule has 0 N–H and O–H groups in total. The molecule has 0 spiro atoms. The van der Waals surface area contributed by atoms with Crippen molar-refractivity contribution in [3.63, 3.8) is 0 Å². The molecule has 1 amide bonds. The summed E-state index contributed by atoms with van der Waals surface area (Å²) in [5.74, 6) is 1.42. The van der Waals surface area contributed by atoms with E-state index in [0.717, 1.165) is 30.2 Å². The summed E-state index contributed by atoms with van der Waals surface area (Å²) in [5.41, 5.74) is 1.46. The van der Waals surface area contributed by atoms with E-state index in [1.807, 2.05) is 16.2 Å². The van der Waals surface area contributed by atoms with E-state index in [1.165, 1.54) is 35.1 Å². The summed E-state index contributed by atoms with van der Waals surface area (Å²) >= 11 is 1.83. The first kappa shape index (κ1) is 15.8. The average molecular weight is 368 g/mol. The van der Waals surface area contributed by atoms with Crippen molar-refractivity contribution < 1.29 is 9.21 Å². The number of hydrogen-bond acceptors (Lipinski definition) is 6. The second kappa shape index (κ2) is 6.39. The molecule has 1 fully saturated rings. The summed E-state index contributed by atoms with van der Waals surface area (Å²) in [6.45, 7) is 2.92. The van der Waals surface area contributed by atoms with Gasteiger partial charge in [-0.15, -0.1) is 11.3 Å². The van der Waals surface area contributed by atoms with Gasteiger partial charge in [0.2, 0.25) is 0 Å². The Kier molecular flexibility index (Phi) is 3.89. The molecule has 7 heteroatoms. The quantitative estimate of drug-likeness (QED) is 0.695. The lowest BCUT2D eigenvalue weighted by atomic mass is 9.97. The normalized spacial score (nSPS) is 17.5. The second-order valence-electron chi connectivity index (χ2n) is 6.84. The Labute approximate surface area is 155 Å². The number of piperazine rings is 1. The van der Waals surface area contributed by atoms with Crippen molar-refractivity contribution in [2.45, 2.75) is 25.7 Å². The Bertz CT molecular complexity index is 942. The SMILES string of the molecule is O=C(c1ccco1)N1CCN(c2ncnc3sc4c(c23)CCCC4)CC1. The monoisotopic (exact) mass is 368 g/mol. The first-order valence-corrected chi connectivity index (χ1v) is 9.96. The van der Waals surface area contributed by atoms with Crippen molar-refractivity contribution in [3.05, 3.63) is 40.9 Å². The zero-order valence-corrected chi connectivity index (χ0v) is 15.3. The van der Waals surface area contributed by atoms with Gasteiger partial charge in [0, 0.05) is 31.1 Å². The molecular formula is C19H20N4O2S. The Morgan fingerprint density at radius 2 is 1.96 bits per heavy atom. The predicted octanol–water partition coefficient (Wildman–Crippen LogP) is 3.13. The number of carbonyl (C=O) groups is 1. The van der Waals surface area contributed by atoms with Crippen molar-refractivity contribution in [2.75, 3.05) is 31.1 Å². The fourth-order valence-electron chi connectivity index (χ4n) is 3.99. The van der Waals surface area contributed by atoms with E-state index in [4.69, 9.17) is 4.42 Å². The highest BCUT2D eigenvalue weighted by Crippen LogP contribution is 2.39. The Morgan fingerprint density at radius 1 is 1.12 bits per heavy atom. The molecule has 0 bridgehead atoms. The molecule has 1 aliphatic heterocycles. The molecular weight excluding hydrogens is 348 g/mol. The number of carbonyl (C=O) groups excluding carboxylic acids is 1. The number of aromatic nitrogens is 2. The van der Waals surface area contributed by atoms with E-state index >= 15 is 0 Å². The molecule has 0 aromatic carbocycles. The maximum atomic E-state index is 12.5. The lowest BCUT2D eigenvalue weighted by Gasteiger charge is -2.35. The topological polar surface area (TPSA) is 62.5 Å². The molecule has 0 atom stereocenters. The van der Waals surface area contributed by atoms with Crippen LogP contribution in [0.1, 0.15) is 33.8 Å². The highest BCUT2D eigenvalue weighted by atomic mass is 32.1. The predicted molar refractivity (Wildman–Crippen MR) is 101 cm³/mol. The van der Waals surface area contributed by atoms with Crippen LogP contribution in [0.5, 0.6) is 0 Å². The standard InChI is InChI=1S/C19H20N4O2S/c24-19(14-5-3-11-25-14)23-9-7-22(8-10-23)17-16-13-4-1-2-6-15(13)26-18(16)21-12-20-17/h3,5,11-12H,1-2,4,6-10H2. The summed E-state index contributed by atoms with van der Waals surface area (Å²) in [4.78, 5) is 28.4. The second-order valence-corrected chi connectivity index (χ2v) is 7.93. The van der Waals surface area contributed by atoms with E-state index in [2.05, 4.69) is 14.9 Å². The number of furan rings is 1. The van der Waals surface area contributed by atoms with E-state index in [0.29, 0.717) is 18.8 Å². The minimum absolute atomic E-state index is 0.0320. The molecule has 3 aromatic rings. The highest BCUT2D eigenvalue weighted by molar-refractivity contribution is 7.19. The van der Waals surface area contributed by atoms with Crippen LogP contribution in [0, 0.1) is 0 Å². The van der Waals surface area contributed by atoms with Crippen LogP contribution in [0.3, 0.4) is 0 Å². The van der Waals surface area contributed by atoms with Gasteiger partial charge in [0.1, 0.15) is 17.0 Å². The summed E-state index contributed by atoms with van der Waals surface area (Å²) in [6, 6.07) is 3.47. The van der Waals surface area contributed by atoms with Crippen LogP contribution in [0.25, 0.3) is 10.2 Å². The van der Waals surface area contributed by atoms with Gasteiger partial charge in [-0.05, 0) is 43.4 Å². The molecule has 26 heavy (non-hydrogen) atoms. The van der Waals surface area contributed by atoms with Crippen LogP contribution in [0.4, 0.5) is 5.82 Å². The maximum Gasteiger partial charge on any atom is 0.289 e. The van der Waals surface area contributed by atoms with E-state index in [1.54, 1.807) is 24.7 Å². The minimum Gasteiger partial charge on any atom is -0.459 e. The maximum absolute atomic E-state index is 12.5. The third-order valence-corrected chi connectivity index (χ3v) is 6.53. The molecule has 1 aliphatic carbocycles. The van der Waals surface area contributed by atoms with Crippen molar-refractivity contribution in [2.24, 2.45) is 0 Å². The van der Waals surface area contributed by atoms with Crippen LogP contribution in [-0.4, -0.2) is 47.0 Å². The van der Waals surface area contributed by atoms with Crippen molar-refractivity contribution in [1.29, 1.82) is 0 Å². The van der Waals surface area contributed by atoms with Gasteiger partial charge in [0.15, 0.2) is 5.76 Å². The van der Waals surface area contributed by atoms with Crippen LogP contribution in [0.15, 0.2) is 29.1 Å². The molecule has 5 rings (SSSR count). The molecule has 0 radical (unpaired) electrons. The van der Waals surface area contributed by atoms with Gasteiger partial charge in [0.25, 0.3) is 5.91 Å². The number of hydrogen-bond donors (Lipinski definition) is 0. The third kappa shape index (κ3) is 2.58. The van der Waals surface area contributed by atoms with Gasteiger partial charge in [-0.2, -0.15) is 0 Å². The smallest absolute Gasteiger partial charge is 0.289 e. The average Bonchev–Trinajstić information content (AvgIpc) is 3.35. The first-order chi connectivity index (χ1) is 12.8. The van der Waals surface area contributed by atoms with Crippen LogP contribution < -0.4 is 4.90 Å². The molecule has 0 saturated carbocycles. The van der Waals surface area contributed by atoms with Gasteiger partial charge in [-0.25, -0.2) is 9.97 Å². The van der Waals surface area contributed by atoms with Crippen molar-refractivity contribution in [1.82, 2.24) is 14.9 Å². The van der Waals surface area contributed by atoms with Crippen LogP contribution in [0.2, 0.25) is 0 Å². The zero-order chi connectivity index (χ0) is 17.5. The summed E-state index contributed by atoms with van der Waals surface area (Å²) in [7, 11) is 0. The van der Waals surface area contributed by atoms with Gasteiger partial charge in [0.05, 0.1) is 11.6 Å². The zero-order valence-electron chi connectivity index (χ0n) is 14.5.